The van der Waals surface area contributed by atoms with E-state index < -0.39 is 0 Å². The average molecular weight is 391 g/mol. The first-order valence-electron chi connectivity index (χ1n) is 9.38. The van der Waals surface area contributed by atoms with Crippen LogP contribution in [0.15, 0.2) is 30.3 Å². The number of halogens is 1. The number of benzene rings is 1. The lowest BCUT2D eigenvalue weighted by atomic mass is 10.1. The quantitative estimate of drug-likeness (QED) is 0.823. The van der Waals surface area contributed by atoms with E-state index in [0.717, 1.165) is 25.3 Å². The largest absolute Gasteiger partial charge is 0.374 e. The van der Waals surface area contributed by atoms with Gasteiger partial charge in [-0.25, -0.2) is 4.68 Å². The fraction of sp³-hybridized carbons (Fsp3) is 0.500. The zero-order valence-corrected chi connectivity index (χ0v) is 16.9. The minimum Gasteiger partial charge on any atom is -0.374 e. The number of para-hydroxylation sites is 1. The second kappa shape index (κ2) is 8.87. The van der Waals surface area contributed by atoms with Crippen molar-refractivity contribution in [1.82, 2.24) is 20.0 Å². The highest BCUT2D eigenvalue weighted by Gasteiger charge is 2.24. The second-order valence-corrected chi connectivity index (χ2v) is 7.71. The van der Waals surface area contributed by atoms with Crippen LogP contribution in [0.5, 0.6) is 0 Å². The Morgan fingerprint density at radius 1 is 1.37 bits per heavy atom. The summed E-state index contributed by atoms with van der Waals surface area (Å²) in [6.07, 6.45) is -0.00954. The van der Waals surface area contributed by atoms with E-state index in [9.17, 15) is 4.79 Å². The number of rotatable bonds is 6. The number of nitrogens with zero attached hydrogens (tertiary/aromatic N) is 3. The first kappa shape index (κ1) is 19.9. The van der Waals surface area contributed by atoms with E-state index in [1.165, 1.54) is 0 Å². The minimum absolute atomic E-state index is 0.00954. The molecule has 2 aromatic rings. The van der Waals surface area contributed by atoms with Gasteiger partial charge in [0.25, 0.3) is 5.91 Å². The maximum atomic E-state index is 12.7. The van der Waals surface area contributed by atoms with Gasteiger partial charge in [-0.05, 0) is 25.0 Å². The van der Waals surface area contributed by atoms with Crippen LogP contribution < -0.4 is 5.32 Å². The number of carbonyl (C=O) groups is 1. The molecule has 1 aromatic carbocycles. The normalized spacial score (nSPS) is 18.0. The summed E-state index contributed by atoms with van der Waals surface area (Å²) >= 11 is 6.46. The lowest BCUT2D eigenvalue weighted by molar-refractivity contribution is -0.0295. The van der Waals surface area contributed by atoms with Gasteiger partial charge in [-0.1, -0.05) is 43.6 Å². The van der Waals surface area contributed by atoms with Gasteiger partial charge in [0.1, 0.15) is 5.15 Å². The standard InChI is InChI=1S/C20H27ClN4O2/c1-14(2)12-24-9-10-27-17(13-24)11-22-20(26)18-15(3)23-25(19(18)21)16-7-5-4-6-8-16/h4-8,14,17H,9-13H2,1-3H3,(H,22,26). The third-order valence-electron chi connectivity index (χ3n) is 4.57. The molecule has 3 rings (SSSR count). The fourth-order valence-corrected chi connectivity index (χ4v) is 3.74. The topological polar surface area (TPSA) is 59.4 Å². The molecule has 1 atom stereocenters. The van der Waals surface area contributed by atoms with Crippen LogP contribution in [0, 0.1) is 12.8 Å². The molecule has 0 bridgehead atoms. The van der Waals surface area contributed by atoms with E-state index in [4.69, 9.17) is 16.3 Å². The molecule has 1 aliphatic heterocycles. The molecule has 7 heteroatoms. The van der Waals surface area contributed by atoms with Gasteiger partial charge in [-0.2, -0.15) is 5.10 Å². The highest BCUT2D eigenvalue weighted by Crippen LogP contribution is 2.23. The molecule has 1 saturated heterocycles. The van der Waals surface area contributed by atoms with Gasteiger partial charge in [0, 0.05) is 26.2 Å². The molecule has 1 unspecified atom stereocenters. The van der Waals surface area contributed by atoms with Crippen LogP contribution in [0.25, 0.3) is 5.69 Å². The summed E-state index contributed by atoms with van der Waals surface area (Å²) in [5.41, 5.74) is 1.84. The van der Waals surface area contributed by atoms with Crippen LogP contribution in [-0.4, -0.2) is 59.5 Å². The van der Waals surface area contributed by atoms with E-state index in [1.807, 2.05) is 30.3 Å². The van der Waals surface area contributed by atoms with Gasteiger partial charge in [0.2, 0.25) is 0 Å². The summed E-state index contributed by atoms with van der Waals surface area (Å²) in [6.45, 7) is 10.2. The van der Waals surface area contributed by atoms with Gasteiger partial charge in [0.15, 0.2) is 0 Å². The molecule has 1 aromatic heterocycles. The molecule has 27 heavy (non-hydrogen) atoms. The molecule has 146 valence electrons. The number of aryl methyl sites for hydroxylation is 1. The van der Waals surface area contributed by atoms with Crippen molar-refractivity contribution in [3.63, 3.8) is 0 Å². The summed E-state index contributed by atoms with van der Waals surface area (Å²) in [5.74, 6) is 0.396. The first-order chi connectivity index (χ1) is 13.0. The SMILES string of the molecule is Cc1nn(-c2ccccc2)c(Cl)c1C(=O)NCC1CN(CC(C)C)CCO1. The molecule has 1 aliphatic rings. The summed E-state index contributed by atoms with van der Waals surface area (Å²) < 4.78 is 7.39. The van der Waals surface area contributed by atoms with Crippen LogP contribution >= 0.6 is 11.6 Å². The Kier molecular flexibility index (Phi) is 6.52. The fourth-order valence-electron chi connectivity index (χ4n) is 3.38. The summed E-state index contributed by atoms with van der Waals surface area (Å²) in [7, 11) is 0. The van der Waals surface area contributed by atoms with Gasteiger partial charge < -0.3 is 10.1 Å². The predicted molar refractivity (Wildman–Crippen MR) is 107 cm³/mol. The van der Waals surface area contributed by atoms with Crippen molar-refractivity contribution >= 4 is 17.5 Å². The number of amides is 1. The lowest BCUT2D eigenvalue weighted by Gasteiger charge is -2.33. The molecular weight excluding hydrogens is 364 g/mol. The molecule has 1 fully saturated rings. The highest BCUT2D eigenvalue weighted by atomic mass is 35.5. The Morgan fingerprint density at radius 3 is 2.81 bits per heavy atom. The molecule has 6 nitrogen and oxygen atoms in total. The van der Waals surface area contributed by atoms with Crippen LogP contribution in [0.4, 0.5) is 0 Å². The van der Waals surface area contributed by atoms with Crippen LogP contribution in [0.1, 0.15) is 29.9 Å². The second-order valence-electron chi connectivity index (χ2n) is 7.35. The molecule has 0 spiro atoms. The number of aromatic nitrogens is 2. The zero-order valence-electron chi connectivity index (χ0n) is 16.1. The number of morpholine rings is 1. The van der Waals surface area contributed by atoms with Gasteiger partial charge in [-0.3, -0.25) is 9.69 Å². The van der Waals surface area contributed by atoms with Gasteiger partial charge in [-0.15, -0.1) is 0 Å². The van der Waals surface area contributed by atoms with E-state index in [2.05, 4.69) is 29.2 Å². The maximum absolute atomic E-state index is 12.7. The highest BCUT2D eigenvalue weighted by molar-refractivity contribution is 6.33. The van der Waals surface area contributed by atoms with Crippen molar-refractivity contribution < 1.29 is 9.53 Å². The first-order valence-corrected chi connectivity index (χ1v) is 9.76. The van der Waals surface area contributed by atoms with Crippen LogP contribution in [0.2, 0.25) is 5.15 Å². The Labute approximate surface area is 165 Å². The molecule has 0 saturated carbocycles. The molecule has 1 N–H and O–H groups in total. The van der Waals surface area contributed by atoms with E-state index in [1.54, 1.807) is 11.6 Å². The van der Waals surface area contributed by atoms with E-state index in [-0.39, 0.29) is 12.0 Å². The summed E-state index contributed by atoms with van der Waals surface area (Å²) in [6, 6.07) is 9.55. The molecule has 2 heterocycles. The van der Waals surface area contributed by atoms with Crippen LogP contribution in [0.3, 0.4) is 0 Å². The van der Waals surface area contributed by atoms with Gasteiger partial charge >= 0.3 is 0 Å². The number of carbonyl (C=O) groups excluding carboxylic acids is 1. The van der Waals surface area contributed by atoms with E-state index >= 15 is 0 Å². The summed E-state index contributed by atoms with van der Waals surface area (Å²) in [4.78, 5) is 15.1. The number of ether oxygens (including phenoxy) is 1. The Hall–Kier alpha value is -1.89. The van der Waals surface area contributed by atoms with Crippen LogP contribution in [-0.2, 0) is 4.74 Å². The van der Waals surface area contributed by atoms with E-state index in [0.29, 0.717) is 35.5 Å². The monoisotopic (exact) mass is 390 g/mol. The van der Waals surface area contributed by atoms with Crippen molar-refractivity contribution in [1.29, 1.82) is 0 Å². The van der Waals surface area contributed by atoms with Gasteiger partial charge in [0.05, 0.1) is 29.7 Å². The summed E-state index contributed by atoms with van der Waals surface area (Å²) in [5, 5.41) is 7.71. The zero-order chi connectivity index (χ0) is 19.4. The van der Waals surface area contributed by atoms with Crippen molar-refractivity contribution in [3.05, 3.63) is 46.7 Å². The molecule has 1 amide bonds. The van der Waals surface area contributed by atoms with Crippen molar-refractivity contribution in [2.24, 2.45) is 5.92 Å². The smallest absolute Gasteiger partial charge is 0.256 e. The third kappa shape index (κ3) is 4.89. The lowest BCUT2D eigenvalue weighted by Crippen LogP contribution is -2.48. The number of nitrogens with one attached hydrogen (secondary N) is 1. The Morgan fingerprint density at radius 2 is 2.11 bits per heavy atom. The average Bonchev–Trinajstić information content (AvgIpc) is 2.94. The predicted octanol–water partition coefficient (Wildman–Crippen LogP) is 2.92. The maximum Gasteiger partial charge on any atom is 0.256 e. The molecule has 0 radical (unpaired) electrons. The number of hydrogen-bond donors (Lipinski definition) is 1. The third-order valence-corrected chi connectivity index (χ3v) is 4.92. The molecular formula is C20H27ClN4O2. The van der Waals surface area contributed by atoms with Crippen molar-refractivity contribution in [3.8, 4) is 5.69 Å². The Bertz CT molecular complexity index is 776. The molecule has 0 aliphatic carbocycles. The minimum atomic E-state index is -0.218. The van der Waals surface area contributed by atoms with Crippen molar-refractivity contribution in [2.45, 2.75) is 26.9 Å². The number of hydrogen-bond acceptors (Lipinski definition) is 4. The van der Waals surface area contributed by atoms with Crippen molar-refractivity contribution in [2.75, 3.05) is 32.8 Å². The Balaban J connectivity index is 1.64.